The lowest BCUT2D eigenvalue weighted by Gasteiger charge is -2.30. The predicted octanol–water partition coefficient (Wildman–Crippen LogP) is 2.77. The highest BCUT2D eigenvalue weighted by Crippen LogP contribution is 2.25. The average molecular weight is 333 g/mol. The van der Waals surface area contributed by atoms with E-state index in [2.05, 4.69) is 26.8 Å². The molecule has 0 aromatic heterocycles. The lowest BCUT2D eigenvalue weighted by Crippen LogP contribution is -2.42. The first-order valence-corrected chi connectivity index (χ1v) is 8.40. The molecular weight excluding hydrogens is 306 g/mol. The van der Waals surface area contributed by atoms with Gasteiger partial charge in [0.2, 0.25) is 0 Å². The van der Waals surface area contributed by atoms with Gasteiger partial charge in [0.1, 0.15) is 5.75 Å². The van der Waals surface area contributed by atoms with Gasteiger partial charge in [-0.3, -0.25) is 9.59 Å². The molecular formula is C19H27NO4. The Morgan fingerprint density at radius 2 is 1.88 bits per heavy atom. The Morgan fingerprint density at radius 3 is 2.46 bits per heavy atom. The van der Waals surface area contributed by atoms with Crippen molar-refractivity contribution in [1.82, 2.24) is 4.90 Å². The first kappa shape index (κ1) is 18.3. The van der Waals surface area contributed by atoms with E-state index in [1.54, 1.807) is 4.90 Å². The van der Waals surface area contributed by atoms with Crippen molar-refractivity contribution in [2.75, 3.05) is 26.8 Å². The largest absolute Gasteiger partial charge is 0.484 e. The van der Waals surface area contributed by atoms with Crippen LogP contribution < -0.4 is 4.74 Å². The summed E-state index contributed by atoms with van der Waals surface area (Å²) >= 11 is 0. The first-order valence-electron chi connectivity index (χ1n) is 8.40. The molecule has 1 aromatic carbocycles. The summed E-state index contributed by atoms with van der Waals surface area (Å²) in [5.41, 5.74) is 1.21. The quantitative estimate of drug-likeness (QED) is 0.795. The third kappa shape index (κ3) is 4.73. The molecule has 5 heteroatoms. The van der Waals surface area contributed by atoms with Crippen LogP contribution in [0.15, 0.2) is 24.3 Å². The summed E-state index contributed by atoms with van der Waals surface area (Å²) in [6, 6.07) is 7.86. The fourth-order valence-electron chi connectivity index (χ4n) is 2.82. The molecule has 1 heterocycles. The zero-order valence-electron chi connectivity index (χ0n) is 15.0. The molecule has 0 aliphatic carbocycles. The minimum absolute atomic E-state index is 0.0243. The second-order valence-electron chi connectivity index (χ2n) is 7.24. The predicted molar refractivity (Wildman–Crippen MR) is 92.0 cm³/mol. The summed E-state index contributed by atoms with van der Waals surface area (Å²) in [6.45, 7) is 7.60. The number of methoxy groups -OCH3 is 1. The summed E-state index contributed by atoms with van der Waals surface area (Å²) in [5.74, 6) is 0.389. The summed E-state index contributed by atoms with van der Waals surface area (Å²) in [4.78, 5) is 25.6. The van der Waals surface area contributed by atoms with Gasteiger partial charge in [0.05, 0.1) is 13.0 Å². The molecule has 1 aliphatic heterocycles. The van der Waals surface area contributed by atoms with Crippen LogP contribution in [0.25, 0.3) is 0 Å². The van der Waals surface area contributed by atoms with E-state index < -0.39 is 0 Å². The van der Waals surface area contributed by atoms with Crippen molar-refractivity contribution in [2.45, 2.75) is 39.0 Å². The third-order valence-electron chi connectivity index (χ3n) is 4.44. The van der Waals surface area contributed by atoms with Crippen molar-refractivity contribution in [2.24, 2.45) is 5.92 Å². The minimum Gasteiger partial charge on any atom is -0.484 e. The molecule has 1 amide bonds. The molecule has 2 rings (SSSR count). The molecule has 24 heavy (non-hydrogen) atoms. The molecule has 0 saturated carbocycles. The Labute approximate surface area is 143 Å². The van der Waals surface area contributed by atoms with Crippen LogP contribution in [0.1, 0.15) is 39.2 Å². The maximum Gasteiger partial charge on any atom is 0.308 e. The highest BCUT2D eigenvalue weighted by molar-refractivity contribution is 5.78. The van der Waals surface area contributed by atoms with Gasteiger partial charge in [-0.2, -0.15) is 0 Å². The third-order valence-corrected chi connectivity index (χ3v) is 4.44. The van der Waals surface area contributed by atoms with E-state index in [0.29, 0.717) is 31.7 Å². The molecule has 0 unspecified atom stereocenters. The van der Waals surface area contributed by atoms with Crippen LogP contribution in [0, 0.1) is 5.92 Å². The smallest absolute Gasteiger partial charge is 0.308 e. The highest BCUT2D eigenvalue weighted by atomic mass is 16.5. The lowest BCUT2D eigenvalue weighted by atomic mass is 9.87. The number of hydrogen-bond acceptors (Lipinski definition) is 4. The lowest BCUT2D eigenvalue weighted by molar-refractivity contribution is -0.149. The number of ether oxygens (including phenoxy) is 2. The van der Waals surface area contributed by atoms with E-state index in [1.165, 1.54) is 12.7 Å². The van der Waals surface area contributed by atoms with E-state index in [1.807, 2.05) is 18.2 Å². The van der Waals surface area contributed by atoms with E-state index >= 15 is 0 Å². The summed E-state index contributed by atoms with van der Waals surface area (Å²) in [5, 5.41) is 0. The Morgan fingerprint density at radius 1 is 1.21 bits per heavy atom. The zero-order valence-corrected chi connectivity index (χ0v) is 15.0. The Hall–Kier alpha value is -2.04. The fraction of sp³-hybridized carbons (Fsp3) is 0.579. The van der Waals surface area contributed by atoms with Crippen LogP contribution in [-0.2, 0) is 19.7 Å². The average Bonchev–Trinajstić information content (AvgIpc) is 2.58. The second kappa shape index (κ2) is 7.69. The van der Waals surface area contributed by atoms with Crippen LogP contribution in [0.2, 0.25) is 0 Å². The molecule has 1 saturated heterocycles. The van der Waals surface area contributed by atoms with Crippen molar-refractivity contribution in [3.63, 3.8) is 0 Å². The summed E-state index contributed by atoms with van der Waals surface area (Å²) in [7, 11) is 1.40. The van der Waals surface area contributed by atoms with E-state index in [-0.39, 0.29) is 29.8 Å². The van der Waals surface area contributed by atoms with Crippen LogP contribution in [0.4, 0.5) is 0 Å². The van der Waals surface area contributed by atoms with E-state index in [9.17, 15) is 9.59 Å². The Balaban J connectivity index is 1.85. The van der Waals surface area contributed by atoms with Gasteiger partial charge in [-0.15, -0.1) is 0 Å². The van der Waals surface area contributed by atoms with Crippen molar-refractivity contribution < 1.29 is 19.1 Å². The van der Waals surface area contributed by atoms with Crippen LogP contribution in [-0.4, -0.2) is 43.6 Å². The van der Waals surface area contributed by atoms with Crippen molar-refractivity contribution >= 4 is 11.9 Å². The molecule has 1 aromatic rings. The van der Waals surface area contributed by atoms with Crippen molar-refractivity contribution in [1.29, 1.82) is 0 Å². The number of rotatable bonds is 4. The van der Waals surface area contributed by atoms with Gasteiger partial charge in [-0.25, -0.2) is 0 Å². The maximum atomic E-state index is 12.3. The molecule has 0 spiro atoms. The van der Waals surface area contributed by atoms with Crippen molar-refractivity contribution in [3.8, 4) is 5.75 Å². The topological polar surface area (TPSA) is 55.8 Å². The van der Waals surface area contributed by atoms with Crippen LogP contribution >= 0.6 is 0 Å². The number of likely N-dealkylation sites (tertiary alicyclic amines) is 1. The monoisotopic (exact) mass is 333 g/mol. The molecule has 0 bridgehead atoms. The number of nitrogens with zero attached hydrogens (tertiary/aromatic N) is 1. The van der Waals surface area contributed by atoms with Gasteiger partial charge < -0.3 is 14.4 Å². The zero-order chi connectivity index (χ0) is 17.7. The molecule has 0 atom stereocenters. The molecule has 5 nitrogen and oxygen atoms in total. The van der Waals surface area contributed by atoms with Crippen LogP contribution in [0.5, 0.6) is 5.75 Å². The van der Waals surface area contributed by atoms with Gasteiger partial charge in [0.15, 0.2) is 6.61 Å². The number of esters is 1. The Kier molecular flexibility index (Phi) is 5.86. The summed E-state index contributed by atoms with van der Waals surface area (Å²) in [6.07, 6.45) is 1.30. The number of benzene rings is 1. The summed E-state index contributed by atoms with van der Waals surface area (Å²) < 4.78 is 10.4. The fourth-order valence-corrected chi connectivity index (χ4v) is 2.82. The number of carbonyl (C=O) groups is 2. The van der Waals surface area contributed by atoms with Gasteiger partial charge in [0, 0.05) is 13.1 Å². The molecule has 0 radical (unpaired) electrons. The first-order chi connectivity index (χ1) is 11.3. The number of hydrogen-bond donors (Lipinski definition) is 0. The van der Waals surface area contributed by atoms with Crippen LogP contribution in [0.3, 0.4) is 0 Å². The van der Waals surface area contributed by atoms with Gasteiger partial charge in [0.25, 0.3) is 5.91 Å². The van der Waals surface area contributed by atoms with E-state index in [4.69, 9.17) is 9.47 Å². The number of piperidine rings is 1. The highest BCUT2D eigenvalue weighted by Gasteiger charge is 2.28. The maximum absolute atomic E-state index is 12.3. The van der Waals surface area contributed by atoms with Gasteiger partial charge in [-0.05, 0) is 36.0 Å². The molecule has 1 aliphatic rings. The minimum atomic E-state index is -0.183. The Bertz CT molecular complexity index is 583. The van der Waals surface area contributed by atoms with Gasteiger partial charge >= 0.3 is 5.97 Å². The molecule has 0 N–H and O–H groups in total. The number of amides is 1. The molecule has 132 valence electrons. The molecule has 1 fully saturated rings. The standard InChI is InChI=1S/C19H27NO4/c1-19(2,3)15-6-5-7-16(12-15)24-13-17(21)20-10-8-14(9-11-20)18(22)23-4/h5-7,12,14H,8-11,13H2,1-4H3. The SMILES string of the molecule is COC(=O)C1CCN(C(=O)COc2cccc(C(C)(C)C)c2)CC1. The normalized spacial score (nSPS) is 15.9. The number of carbonyl (C=O) groups excluding carboxylic acids is 2. The van der Waals surface area contributed by atoms with Crippen molar-refractivity contribution in [3.05, 3.63) is 29.8 Å². The second-order valence-corrected chi connectivity index (χ2v) is 7.24. The van der Waals surface area contributed by atoms with E-state index in [0.717, 1.165) is 0 Å². The van der Waals surface area contributed by atoms with Gasteiger partial charge in [-0.1, -0.05) is 32.9 Å².